The van der Waals surface area contributed by atoms with Crippen molar-refractivity contribution in [1.82, 2.24) is 0 Å². The molecule has 1 aliphatic heterocycles. The molecule has 0 atom stereocenters. The first-order valence-corrected chi connectivity index (χ1v) is 10.3. The fourth-order valence-corrected chi connectivity index (χ4v) is 3.64. The predicted molar refractivity (Wildman–Crippen MR) is 124 cm³/mol. The zero-order valence-electron chi connectivity index (χ0n) is 17.3. The maximum atomic E-state index is 12.4. The van der Waals surface area contributed by atoms with E-state index in [9.17, 15) is 4.79 Å². The van der Waals surface area contributed by atoms with Gasteiger partial charge in [-0.2, -0.15) is 0 Å². The van der Waals surface area contributed by atoms with Gasteiger partial charge in [0.1, 0.15) is 5.76 Å². The lowest BCUT2D eigenvalue weighted by molar-refractivity contribution is -0.130. The highest BCUT2D eigenvalue weighted by Gasteiger charge is 2.22. The number of ether oxygens (including phenoxy) is 1. The van der Waals surface area contributed by atoms with Crippen LogP contribution in [-0.4, -0.2) is 19.1 Å². The van der Waals surface area contributed by atoms with Crippen molar-refractivity contribution in [3.63, 3.8) is 0 Å². The number of esters is 1. The Hall–Kier alpha value is -3.59. The average molecular weight is 396 g/mol. The molecular weight excluding hydrogens is 370 g/mol. The van der Waals surface area contributed by atoms with Gasteiger partial charge >= 0.3 is 5.97 Å². The van der Waals surface area contributed by atoms with Crippen LogP contribution < -0.4 is 4.90 Å². The summed E-state index contributed by atoms with van der Waals surface area (Å²) in [4.78, 5) is 14.7. The molecule has 1 heterocycles. The van der Waals surface area contributed by atoms with Crippen LogP contribution in [0, 0.1) is 0 Å². The minimum atomic E-state index is -0.315. The molecule has 0 spiro atoms. The third-order valence-corrected chi connectivity index (χ3v) is 5.35. The Morgan fingerprint density at radius 3 is 2.00 bits per heavy atom. The van der Waals surface area contributed by atoms with E-state index in [-0.39, 0.29) is 5.97 Å². The van der Waals surface area contributed by atoms with Gasteiger partial charge in [-0.1, -0.05) is 66.7 Å². The van der Waals surface area contributed by atoms with E-state index in [0.717, 1.165) is 35.3 Å². The summed E-state index contributed by atoms with van der Waals surface area (Å²) in [6.45, 7) is 6.23. The molecule has 0 saturated heterocycles. The minimum Gasteiger partial charge on any atom is -0.422 e. The van der Waals surface area contributed by atoms with Gasteiger partial charge in [0.15, 0.2) is 0 Å². The molecule has 3 aromatic rings. The molecule has 3 heteroatoms. The van der Waals surface area contributed by atoms with E-state index in [1.54, 1.807) is 0 Å². The first-order valence-electron chi connectivity index (χ1n) is 10.3. The second-order valence-corrected chi connectivity index (χ2v) is 7.20. The van der Waals surface area contributed by atoms with Crippen LogP contribution >= 0.6 is 0 Å². The Labute approximate surface area is 177 Å². The van der Waals surface area contributed by atoms with Gasteiger partial charge in [-0.3, -0.25) is 0 Å². The molecule has 0 N–H and O–H groups in total. The van der Waals surface area contributed by atoms with E-state index >= 15 is 0 Å². The van der Waals surface area contributed by atoms with Gasteiger partial charge < -0.3 is 9.64 Å². The highest BCUT2D eigenvalue weighted by Crippen LogP contribution is 2.29. The number of carbonyl (C=O) groups excluding carboxylic acids is 1. The summed E-state index contributed by atoms with van der Waals surface area (Å²) in [6, 6.07) is 26.5. The number of anilines is 1. The molecule has 4 rings (SSSR count). The normalized spacial score (nSPS) is 14.5. The van der Waals surface area contributed by atoms with Crippen molar-refractivity contribution in [2.24, 2.45) is 0 Å². The minimum absolute atomic E-state index is 0.315. The molecule has 3 aromatic carbocycles. The Balaban J connectivity index is 1.54. The van der Waals surface area contributed by atoms with E-state index in [2.05, 4.69) is 43.0 Å². The summed E-state index contributed by atoms with van der Waals surface area (Å²) in [6.07, 6.45) is 3.69. The van der Waals surface area contributed by atoms with Crippen LogP contribution in [0.3, 0.4) is 0 Å². The molecule has 150 valence electrons. The van der Waals surface area contributed by atoms with E-state index in [0.29, 0.717) is 11.3 Å². The van der Waals surface area contributed by atoms with Crippen molar-refractivity contribution in [1.29, 1.82) is 0 Å². The summed E-state index contributed by atoms with van der Waals surface area (Å²) in [5.41, 5.74) is 5.92. The first-order chi connectivity index (χ1) is 14.7. The highest BCUT2D eigenvalue weighted by atomic mass is 16.5. The molecule has 0 aromatic heterocycles. The maximum absolute atomic E-state index is 12.4. The van der Waals surface area contributed by atoms with Crippen molar-refractivity contribution in [2.75, 3.05) is 18.0 Å². The zero-order chi connectivity index (χ0) is 20.9. The zero-order valence-corrected chi connectivity index (χ0v) is 17.3. The molecule has 0 fully saturated rings. The number of hydrogen-bond donors (Lipinski definition) is 0. The van der Waals surface area contributed by atoms with Gasteiger partial charge in [0.05, 0.1) is 5.57 Å². The smallest absolute Gasteiger partial charge is 0.343 e. The second kappa shape index (κ2) is 8.83. The van der Waals surface area contributed by atoms with Crippen LogP contribution in [0.2, 0.25) is 0 Å². The Kier molecular flexibility index (Phi) is 5.80. The van der Waals surface area contributed by atoms with Gasteiger partial charge in [0.25, 0.3) is 0 Å². The van der Waals surface area contributed by atoms with Crippen molar-refractivity contribution in [2.45, 2.75) is 13.8 Å². The summed E-state index contributed by atoms with van der Waals surface area (Å²) in [7, 11) is 0. The first kappa shape index (κ1) is 19.7. The largest absolute Gasteiger partial charge is 0.422 e. The number of carbonyl (C=O) groups is 1. The Bertz CT molecular complexity index is 1070. The topological polar surface area (TPSA) is 29.5 Å². The fraction of sp³-hybridized carbons (Fsp3) is 0.148. The SMILES string of the molecule is CCN(CC)c1ccc(/C=C2\C=C(c3ccc(-c4ccccc4)cc3)OC2=O)cc1. The van der Waals surface area contributed by atoms with Crippen molar-refractivity contribution in [3.8, 4) is 11.1 Å². The van der Waals surface area contributed by atoms with Crippen LogP contribution in [-0.2, 0) is 9.53 Å². The van der Waals surface area contributed by atoms with Gasteiger partial charge in [0, 0.05) is 24.3 Å². The standard InChI is InChI=1S/C27H25NO2/c1-3-28(4-2)25-16-10-20(11-17-25)18-24-19-26(30-27(24)29)23-14-12-22(13-15-23)21-8-6-5-7-9-21/h5-19H,3-4H2,1-2H3/b24-18+. The van der Waals surface area contributed by atoms with E-state index in [1.807, 2.05) is 66.7 Å². The summed E-state index contributed by atoms with van der Waals surface area (Å²) in [5.74, 6) is 0.274. The van der Waals surface area contributed by atoms with Crippen LogP contribution in [0.25, 0.3) is 23.0 Å². The average Bonchev–Trinajstić information content (AvgIpc) is 3.16. The summed E-state index contributed by atoms with van der Waals surface area (Å²) >= 11 is 0. The molecule has 0 amide bonds. The Morgan fingerprint density at radius 2 is 1.37 bits per heavy atom. The van der Waals surface area contributed by atoms with Gasteiger partial charge in [-0.15, -0.1) is 0 Å². The van der Waals surface area contributed by atoms with Gasteiger partial charge in [0.2, 0.25) is 0 Å². The molecule has 30 heavy (non-hydrogen) atoms. The van der Waals surface area contributed by atoms with Crippen LogP contribution in [0.4, 0.5) is 5.69 Å². The van der Waals surface area contributed by atoms with Gasteiger partial charge in [-0.05, 0) is 54.8 Å². The van der Waals surface area contributed by atoms with Gasteiger partial charge in [-0.25, -0.2) is 4.79 Å². The number of rotatable bonds is 6. The predicted octanol–water partition coefficient (Wildman–Crippen LogP) is 6.18. The third kappa shape index (κ3) is 4.20. The second-order valence-electron chi connectivity index (χ2n) is 7.20. The molecule has 0 aliphatic carbocycles. The van der Waals surface area contributed by atoms with Crippen LogP contribution in [0.1, 0.15) is 25.0 Å². The van der Waals surface area contributed by atoms with Crippen LogP contribution in [0.5, 0.6) is 0 Å². The lowest BCUT2D eigenvalue weighted by atomic mass is 10.0. The molecule has 0 bridgehead atoms. The number of benzene rings is 3. The molecular formula is C27H25NO2. The monoisotopic (exact) mass is 395 g/mol. The lowest BCUT2D eigenvalue weighted by Gasteiger charge is -2.20. The van der Waals surface area contributed by atoms with Crippen molar-refractivity contribution < 1.29 is 9.53 Å². The molecule has 0 saturated carbocycles. The third-order valence-electron chi connectivity index (χ3n) is 5.35. The molecule has 0 radical (unpaired) electrons. The highest BCUT2D eigenvalue weighted by molar-refractivity contribution is 6.05. The van der Waals surface area contributed by atoms with Crippen molar-refractivity contribution in [3.05, 3.63) is 102 Å². The Morgan fingerprint density at radius 1 is 0.767 bits per heavy atom. The lowest BCUT2D eigenvalue weighted by Crippen LogP contribution is -2.21. The summed E-state index contributed by atoms with van der Waals surface area (Å²) < 4.78 is 5.52. The van der Waals surface area contributed by atoms with Crippen LogP contribution in [0.15, 0.2) is 90.5 Å². The number of hydrogen-bond acceptors (Lipinski definition) is 3. The molecule has 0 unspecified atom stereocenters. The molecule has 1 aliphatic rings. The van der Waals surface area contributed by atoms with Crippen molar-refractivity contribution >= 4 is 23.5 Å². The van der Waals surface area contributed by atoms with E-state index in [1.165, 1.54) is 5.69 Å². The quantitative estimate of drug-likeness (QED) is 0.369. The molecule has 3 nitrogen and oxygen atoms in total. The van der Waals surface area contributed by atoms with E-state index in [4.69, 9.17) is 4.74 Å². The number of nitrogens with zero attached hydrogens (tertiary/aromatic N) is 1. The maximum Gasteiger partial charge on any atom is 0.343 e. The summed E-state index contributed by atoms with van der Waals surface area (Å²) in [5, 5.41) is 0. The van der Waals surface area contributed by atoms with E-state index < -0.39 is 0 Å². The number of cyclic esters (lactones) is 1. The fourth-order valence-electron chi connectivity index (χ4n) is 3.64.